The van der Waals surface area contributed by atoms with Crippen LogP contribution >= 0.6 is 11.6 Å². The molecule has 0 atom stereocenters. The minimum absolute atomic E-state index is 0.493. The Morgan fingerprint density at radius 1 is 1.19 bits per heavy atom. The van der Waals surface area contributed by atoms with E-state index in [-0.39, 0.29) is 0 Å². The maximum Gasteiger partial charge on any atom is 0.161 e. The van der Waals surface area contributed by atoms with Gasteiger partial charge in [-0.05, 0) is 24.1 Å². The molecule has 0 aliphatic rings. The normalized spacial score (nSPS) is 10.2. The molecule has 0 spiro atoms. The molecule has 0 aromatic heterocycles. The zero-order chi connectivity index (χ0) is 11.8. The number of hydrogen-bond donors (Lipinski definition) is 0. The smallest absolute Gasteiger partial charge is 0.161 e. The van der Waals surface area contributed by atoms with Gasteiger partial charge in [-0.2, -0.15) is 0 Å². The zero-order valence-electron chi connectivity index (χ0n) is 9.96. The first-order chi connectivity index (χ1) is 7.81. The second kappa shape index (κ2) is 7.39. The number of ether oxygens (including phenoxy) is 2. The third-order valence-electron chi connectivity index (χ3n) is 2.39. The van der Waals surface area contributed by atoms with Gasteiger partial charge in [-0.3, -0.25) is 0 Å². The van der Waals surface area contributed by atoms with Crippen molar-refractivity contribution in [3.63, 3.8) is 0 Å². The number of methoxy groups -OCH3 is 1. The molecule has 2 nitrogen and oxygen atoms in total. The van der Waals surface area contributed by atoms with Gasteiger partial charge in [0.2, 0.25) is 0 Å². The SMILES string of the molecule is CCCCCOc1ccc(CCl)cc1OC. The average molecular weight is 243 g/mol. The molecule has 1 rings (SSSR count). The first kappa shape index (κ1) is 13.2. The van der Waals surface area contributed by atoms with Crippen LogP contribution in [0.5, 0.6) is 11.5 Å². The minimum Gasteiger partial charge on any atom is -0.493 e. The number of benzene rings is 1. The van der Waals surface area contributed by atoms with Crippen molar-refractivity contribution in [1.82, 2.24) is 0 Å². The fraction of sp³-hybridized carbons (Fsp3) is 0.538. The lowest BCUT2D eigenvalue weighted by Gasteiger charge is -2.11. The van der Waals surface area contributed by atoms with Gasteiger partial charge in [0, 0.05) is 5.88 Å². The van der Waals surface area contributed by atoms with Gasteiger partial charge in [-0.15, -0.1) is 11.6 Å². The summed E-state index contributed by atoms with van der Waals surface area (Å²) < 4.78 is 10.9. The summed E-state index contributed by atoms with van der Waals surface area (Å²) in [5, 5.41) is 0. The Hall–Kier alpha value is -0.890. The highest BCUT2D eigenvalue weighted by Gasteiger charge is 2.04. The molecule has 3 heteroatoms. The Labute approximate surface area is 103 Å². The zero-order valence-corrected chi connectivity index (χ0v) is 10.7. The Bertz CT molecular complexity index is 313. The number of halogens is 1. The van der Waals surface area contributed by atoms with Crippen molar-refractivity contribution in [1.29, 1.82) is 0 Å². The Morgan fingerprint density at radius 3 is 2.62 bits per heavy atom. The van der Waals surface area contributed by atoms with E-state index in [0.29, 0.717) is 5.88 Å². The molecule has 0 fully saturated rings. The summed E-state index contributed by atoms with van der Waals surface area (Å²) in [6.45, 7) is 2.92. The van der Waals surface area contributed by atoms with E-state index in [2.05, 4.69) is 6.92 Å². The van der Waals surface area contributed by atoms with Crippen LogP contribution in [0.1, 0.15) is 31.7 Å². The van der Waals surface area contributed by atoms with Crippen molar-refractivity contribution < 1.29 is 9.47 Å². The fourth-order valence-corrected chi connectivity index (χ4v) is 1.61. The van der Waals surface area contributed by atoms with Gasteiger partial charge in [0.15, 0.2) is 11.5 Å². The lowest BCUT2D eigenvalue weighted by Crippen LogP contribution is -1.99. The number of alkyl halides is 1. The van der Waals surface area contributed by atoms with Crippen LogP contribution in [0.2, 0.25) is 0 Å². The molecule has 0 N–H and O–H groups in total. The lowest BCUT2D eigenvalue weighted by atomic mass is 10.2. The molecule has 0 amide bonds. The third kappa shape index (κ3) is 3.93. The Balaban J connectivity index is 2.57. The van der Waals surface area contributed by atoms with E-state index in [1.165, 1.54) is 12.8 Å². The molecular weight excluding hydrogens is 224 g/mol. The van der Waals surface area contributed by atoms with Gasteiger partial charge in [-0.25, -0.2) is 0 Å². The van der Waals surface area contributed by atoms with Crippen LogP contribution < -0.4 is 9.47 Å². The minimum atomic E-state index is 0.493. The van der Waals surface area contributed by atoms with E-state index >= 15 is 0 Å². The van der Waals surface area contributed by atoms with Gasteiger partial charge in [0.05, 0.1) is 13.7 Å². The third-order valence-corrected chi connectivity index (χ3v) is 2.70. The van der Waals surface area contributed by atoms with Crippen molar-refractivity contribution in [3.05, 3.63) is 23.8 Å². The molecule has 0 radical (unpaired) electrons. The average Bonchev–Trinajstić information content (AvgIpc) is 2.34. The summed E-state index contributed by atoms with van der Waals surface area (Å²) in [7, 11) is 1.65. The molecule has 0 heterocycles. The van der Waals surface area contributed by atoms with E-state index in [1.807, 2.05) is 18.2 Å². The van der Waals surface area contributed by atoms with Crippen molar-refractivity contribution in [3.8, 4) is 11.5 Å². The van der Waals surface area contributed by atoms with Crippen LogP contribution in [0.25, 0.3) is 0 Å². The van der Waals surface area contributed by atoms with Gasteiger partial charge in [0.25, 0.3) is 0 Å². The first-order valence-electron chi connectivity index (χ1n) is 5.67. The van der Waals surface area contributed by atoms with Gasteiger partial charge in [0.1, 0.15) is 0 Å². The second-order valence-electron chi connectivity index (χ2n) is 3.67. The van der Waals surface area contributed by atoms with Gasteiger partial charge >= 0.3 is 0 Å². The van der Waals surface area contributed by atoms with Crippen molar-refractivity contribution in [2.45, 2.75) is 32.1 Å². The van der Waals surface area contributed by atoms with Crippen LogP contribution in [0, 0.1) is 0 Å². The topological polar surface area (TPSA) is 18.5 Å². The predicted molar refractivity (Wildman–Crippen MR) is 67.6 cm³/mol. The number of hydrogen-bond acceptors (Lipinski definition) is 2. The summed E-state index contributed by atoms with van der Waals surface area (Å²) in [4.78, 5) is 0. The maximum atomic E-state index is 5.76. The molecule has 0 aliphatic heterocycles. The Morgan fingerprint density at radius 2 is 2.00 bits per heavy atom. The lowest BCUT2D eigenvalue weighted by molar-refractivity contribution is 0.286. The first-order valence-corrected chi connectivity index (χ1v) is 6.21. The summed E-state index contributed by atoms with van der Waals surface area (Å²) in [5.41, 5.74) is 1.04. The molecule has 1 aromatic carbocycles. The number of unbranched alkanes of at least 4 members (excludes halogenated alkanes) is 2. The van der Waals surface area contributed by atoms with Crippen LogP contribution in [-0.2, 0) is 5.88 Å². The molecule has 90 valence electrons. The van der Waals surface area contributed by atoms with Gasteiger partial charge < -0.3 is 9.47 Å². The maximum absolute atomic E-state index is 5.76. The van der Waals surface area contributed by atoms with E-state index in [4.69, 9.17) is 21.1 Å². The van der Waals surface area contributed by atoms with E-state index in [1.54, 1.807) is 7.11 Å². The van der Waals surface area contributed by atoms with E-state index in [0.717, 1.165) is 30.1 Å². The van der Waals surface area contributed by atoms with Crippen molar-refractivity contribution in [2.24, 2.45) is 0 Å². The summed E-state index contributed by atoms with van der Waals surface area (Å²) in [6.07, 6.45) is 3.48. The molecule has 0 unspecified atom stereocenters. The fourth-order valence-electron chi connectivity index (χ4n) is 1.45. The standard InChI is InChI=1S/C13H19ClO2/c1-3-4-5-8-16-12-7-6-11(10-14)9-13(12)15-2/h6-7,9H,3-5,8,10H2,1-2H3. The highest BCUT2D eigenvalue weighted by molar-refractivity contribution is 6.17. The van der Waals surface area contributed by atoms with Crippen LogP contribution in [0.4, 0.5) is 0 Å². The molecule has 0 saturated heterocycles. The van der Waals surface area contributed by atoms with Crippen molar-refractivity contribution in [2.75, 3.05) is 13.7 Å². The van der Waals surface area contributed by atoms with Crippen LogP contribution in [0.15, 0.2) is 18.2 Å². The molecule has 0 bridgehead atoms. The molecular formula is C13H19ClO2. The molecule has 16 heavy (non-hydrogen) atoms. The predicted octanol–water partition coefficient (Wildman–Crippen LogP) is 4.00. The summed E-state index contributed by atoms with van der Waals surface area (Å²) in [5.74, 6) is 2.05. The summed E-state index contributed by atoms with van der Waals surface area (Å²) >= 11 is 5.76. The Kier molecular flexibility index (Phi) is 6.09. The van der Waals surface area contributed by atoms with E-state index in [9.17, 15) is 0 Å². The van der Waals surface area contributed by atoms with E-state index < -0.39 is 0 Å². The number of rotatable bonds is 7. The van der Waals surface area contributed by atoms with Crippen molar-refractivity contribution >= 4 is 11.6 Å². The quantitative estimate of drug-likeness (QED) is 0.532. The van der Waals surface area contributed by atoms with Crippen LogP contribution in [0.3, 0.4) is 0 Å². The van der Waals surface area contributed by atoms with Gasteiger partial charge in [-0.1, -0.05) is 25.8 Å². The molecule has 1 aromatic rings. The highest BCUT2D eigenvalue weighted by Crippen LogP contribution is 2.28. The second-order valence-corrected chi connectivity index (χ2v) is 3.94. The largest absolute Gasteiger partial charge is 0.493 e. The molecule has 0 saturated carbocycles. The molecule has 0 aliphatic carbocycles. The highest BCUT2D eigenvalue weighted by atomic mass is 35.5. The summed E-state index contributed by atoms with van der Waals surface area (Å²) in [6, 6.07) is 5.80. The van der Waals surface area contributed by atoms with Crippen LogP contribution in [-0.4, -0.2) is 13.7 Å². The monoisotopic (exact) mass is 242 g/mol.